The molecule has 1 aromatic rings. The number of unbranched alkanes of at least 4 members (excludes halogenated alkanes) is 3. The molecule has 0 aliphatic carbocycles. The molecule has 1 aromatic carbocycles. The fourth-order valence-electron chi connectivity index (χ4n) is 1.16. The number of rotatable bonds is 6. The number of allylic oxidation sites excluding steroid dienone is 1. The van der Waals surface area contributed by atoms with Crippen LogP contribution in [0.4, 0.5) is 0 Å². The summed E-state index contributed by atoms with van der Waals surface area (Å²) in [5, 5.41) is 0. The average molecular weight is 189 g/mol. The summed E-state index contributed by atoms with van der Waals surface area (Å²) >= 11 is 0. The molecule has 1 radical (unpaired) electrons. The van der Waals surface area contributed by atoms with E-state index in [9.17, 15) is 0 Å². The molecule has 0 N–H and O–H groups in total. The van der Waals surface area contributed by atoms with Gasteiger partial charge in [0.15, 0.2) is 0 Å². The third kappa shape index (κ3) is 4.70. The van der Waals surface area contributed by atoms with Gasteiger partial charge in [-0.05, 0) is 37.1 Å². The first kappa shape index (κ1) is 10.8. The van der Waals surface area contributed by atoms with E-state index in [4.69, 9.17) is 4.74 Å². The summed E-state index contributed by atoms with van der Waals surface area (Å²) in [6, 6.07) is 10.5. The molecule has 0 amide bonds. The molecular formula is C13H17O. The van der Waals surface area contributed by atoms with Gasteiger partial charge in [0.1, 0.15) is 5.75 Å². The normalized spacial score (nSPS) is 10.6. The zero-order valence-electron chi connectivity index (χ0n) is 8.70. The van der Waals surface area contributed by atoms with Crippen molar-refractivity contribution in [1.29, 1.82) is 0 Å². The average Bonchev–Trinajstić information content (AvgIpc) is 2.25. The Morgan fingerprint density at radius 3 is 3.07 bits per heavy atom. The lowest BCUT2D eigenvalue weighted by Crippen LogP contribution is -1.80. The van der Waals surface area contributed by atoms with Gasteiger partial charge in [0, 0.05) is 0 Å². The van der Waals surface area contributed by atoms with Gasteiger partial charge in [-0.2, -0.15) is 0 Å². The van der Waals surface area contributed by atoms with Gasteiger partial charge in [-0.25, -0.2) is 0 Å². The Morgan fingerprint density at radius 1 is 1.43 bits per heavy atom. The Hall–Kier alpha value is -1.24. The maximum Gasteiger partial charge on any atom is 0.127 e. The van der Waals surface area contributed by atoms with E-state index in [1.807, 2.05) is 24.3 Å². The monoisotopic (exact) mass is 189 g/mol. The van der Waals surface area contributed by atoms with Crippen molar-refractivity contribution in [2.75, 3.05) is 0 Å². The highest BCUT2D eigenvalue weighted by atomic mass is 16.5. The van der Waals surface area contributed by atoms with Crippen molar-refractivity contribution >= 4 is 0 Å². The highest BCUT2D eigenvalue weighted by Gasteiger charge is 1.86. The minimum Gasteiger partial charge on any atom is -0.465 e. The Labute approximate surface area is 86.4 Å². The second kappa shape index (κ2) is 7.19. The largest absolute Gasteiger partial charge is 0.465 e. The van der Waals surface area contributed by atoms with Crippen LogP contribution in [-0.2, 0) is 0 Å². The molecule has 0 atom stereocenters. The summed E-state index contributed by atoms with van der Waals surface area (Å²) in [6.07, 6.45) is 8.74. The van der Waals surface area contributed by atoms with Crippen LogP contribution in [0.5, 0.6) is 5.75 Å². The molecule has 1 nitrogen and oxygen atoms in total. The van der Waals surface area contributed by atoms with Gasteiger partial charge in [-0.1, -0.05) is 31.9 Å². The van der Waals surface area contributed by atoms with Crippen LogP contribution in [0, 0.1) is 6.07 Å². The molecule has 0 spiro atoms. The minimum absolute atomic E-state index is 0.847. The highest BCUT2D eigenvalue weighted by molar-refractivity contribution is 5.20. The Bertz CT molecular complexity index is 251. The summed E-state index contributed by atoms with van der Waals surface area (Å²) in [7, 11) is 0. The first-order valence-electron chi connectivity index (χ1n) is 5.21. The van der Waals surface area contributed by atoms with Crippen LogP contribution < -0.4 is 4.74 Å². The predicted octanol–water partition coefficient (Wildman–Crippen LogP) is 3.96. The molecule has 0 heterocycles. The van der Waals surface area contributed by atoms with Crippen molar-refractivity contribution in [3.63, 3.8) is 0 Å². The van der Waals surface area contributed by atoms with Crippen LogP contribution in [-0.4, -0.2) is 0 Å². The summed E-state index contributed by atoms with van der Waals surface area (Å²) in [6.45, 7) is 2.21. The van der Waals surface area contributed by atoms with Gasteiger partial charge in [-0.3, -0.25) is 0 Å². The van der Waals surface area contributed by atoms with Gasteiger partial charge >= 0.3 is 0 Å². The second-order valence-corrected chi connectivity index (χ2v) is 3.22. The zero-order valence-corrected chi connectivity index (χ0v) is 8.70. The third-order valence-electron chi connectivity index (χ3n) is 1.95. The van der Waals surface area contributed by atoms with Gasteiger partial charge < -0.3 is 4.74 Å². The van der Waals surface area contributed by atoms with Crippen LogP contribution in [0.3, 0.4) is 0 Å². The van der Waals surface area contributed by atoms with Gasteiger partial charge in [0.2, 0.25) is 0 Å². The van der Waals surface area contributed by atoms with E-state index in [-0.39, 0.29) is 0 Å². The van der Waals surface area contributed by atoms with Gasteiger partial charge in [0.05, 0.1) is 6.26 Å². The van der Waals surface area contributed by atoms with Crippen molar-refractivity contribution in [1.82, 2.24) is 0 Å². The molecule has 1 rings (SSSR count). The molecule has 0 aromatic heterocycles. The number of hydrogen-bond donors (Lipinski definition) is 0. The summed E-state index contributed by atoms with van der Waals surface area (Å²) in [5.41, 5.74) is 0. The molecule has 0 aliphatic heterocycles. The Balaban J connectivity index is 2.14. The summed E-state index contributed by atoms with van der Waals surface area (Å²) < 4.78 is 5.37. The SMILES string of the molecule is CCCCCC=COc1c[c]ccc1. The molecule has 1 heteroatoms. The lowest BCUT2D eigenvalue weighted by atomic mass is 10.2. The minimum atomic E-state index is 0.847. The van der Waals surface area contributed by atoms with E-state index in [1.165, 1.54) is 19.3 Å². The molecule has 0 fully saturated rings. The molecule has 75 valence electrons. The highest BCUT2D eigenvalue weighted by Crippen LogP contribution is 2.08. The maximum atomic E-state index is 5.37. The molecule has 0 unspecified atom stereocenters. The first-order chi connectivity index (χ1) is 6.93. The zero-order chi connectivity index (χ0) is 10.1. The van der Waals surface area contributed by atoms with E-state index in [0.29, 0.717) is 0 Å². The first-order valence-corrected chi connectivity index (χ1v) is 5.21. The van der Waals surface area contributed by atoms with Crippen molar-refractivity contribution < 1.29 is 4.74 Å². The fourth-order valence-corrected chi connectivity index (χ4v) is 1.16. The summed E-state index contributed by atoms with van der Waals surface area (Å²) in [4.78, 5) is 0. The smallest absolute Gasteiger partial charge is 0.127 e. The third-order valence-corrected chi connectivity index (χ3v) is 1.95. The topological polar surface area (TPSA) is 9.23 Å². The second-order valence-electron chi connectivity index (χ2n) is 3.22. The van der Waals surface area contributed by atoms with Crippen molar-refractivity contribution in [2.45, 2.75) is 32.6 Å². The number of benzene rings is 1. The van der Waals surface area contributed by atoms with Crippen LogP contribution in [0.15, 0.2) is 36.6 Å². The number of ether oxygens (including phenoxy) is 1. The molecule has 0 saturated carbocycles. The van der Waals surface area contributed by atoms with Crippen LogP contribution in [0.1, 0.15) is 32.6 Å². The number of hydrogen-bond acceptors (Lipinski definition) is 1. The molecule has 0 bridgehead atoms. The molecule has 0 aliphatic rings. The lowest BCUT2D eigenvalue weighted by molar-refractivity contribution is 0.477. The molecule has 14 heavy (non-hydrogen) atoms. The van der Waals surface area contributed by atoms with Gasteiger partial charge in [-0.15, -0.1) is 0 Å². The Morgan fingerprint density at radius 2 is 2.36 bits per heavy atom. The van der Waals surface area contributed by atoms with Crippen molar-refractivity contribution in [2.24, 2.45) is 0 Å². The molecule has 0 saturated heterocycles. The van der Waals surface area contributed by atoms with E-state index in [1.54, 1.807) is 6.26 Å². The standard InChI is InChI=1S/C13H17O/c1-2-3-4-5-9-12-14-13-10-7-6-8-11-13/h6-7,9-12H,2-5H2,1H3. The maximum absolute atomic E-state index is 5.37. The van der Waals surface area contributed by atoms with Gasteiger partial charge in [0.25, 0.3) is 0 Å². The van der Waals surface area contributed by atoms with E-state index in [2.05, 4.69) is 19.1 Å². The van der Waals surface area contributed by atoms with E-state index in [0.717, 1.165) is 12.2 Å². The van der Waals surface area contributed by atoms with Crippen molar-refractivity contribution in [3.05, 3.63) is 42.7 Å². The van der Waals surface area contributed by atoms with Crippen molar-refractivity contribution in [3.8, 4) is 5.75 Å². The lowest BCUT2D eigenvalue weighted by Gasteiger charge is -1.97. The van der Waals surface area contributed by atoms with Crippen LogP contribution in [0.2, 0.25) is 0 Å². The quantitative estimate of drug-likeness (QED) is 0.486. The van der Waals surface area contributed by atoms with Crippen LogP contribution >= 0.6 is 0 Å². The van der Waals surface area contributed by atoms with E-state index >= 15 is 0 Å². The van der Waals surface area contributed by atoms with E-state index < -0.39 is 0 Å². The van der Waals surface area contributed by atoms with Crippen LogP contribution in [0.25, 0.3) is 0 Å². The predicted molar refractivity (Wildman–Crippen MR) is 59.2 cm³/mol. The fraction of sp³-hybridized carbons (Fsp3) is 0.385. The Kier molecular flexibility index (Phi) is 5.57. The summed E-state index contributed by atoms with van der Waals surface area (Å²) in [5.74, 6) is 0.847. The molecular weight excluding hydrogens is 172 g/mol.